The number of hydrogen-bond donors (Lipinski definition) is 2. The zero-order chi connectivity index (χ0) is 19.8. The molecular formula is C21H30N4O2. The molecule has 2 unspecified atom stereocenters. The lowest BCUT2D eigenvalue weighted by atomic mass is 10.0. The number of rotatable bonds is 6. The third-order valence-electron chi connectivity index (χ3n) is 5.01. The van der Waals surface area contributed by atoms with Crippen LogP contribution in [-0.4, -0.2) is 45.9 Å². The van der Waals surface area contributed by atoms with Gasteiger partial charge in [-0.25, -0.2) is 4.79 Å². The summed E-state index contributed by atoms with van der Waals surface area (Å²) in [6, 6.07) is 14.4. The summed E-state index contributed by atoms with van der Waals surface area (Å²) in [5.41, 5.74) is 6.54. The van der Waals surface area contributed by atoms with Crippen LogP contribution < -0.4 is 5.73 Å². The quantitative estimate of drug-likeness (QED) is 0.814. The molecule has 27 heavy (non-hydrogen) atoms. The van der Waals surface area contributed by atoms with E-state index in [1.54, 1.807) is 18.3 Å². The summed E-state index contributed by atoms with van der Waals surface area (Å²) in [5.74, 6) is -0.421. The van der Waals surface area contributed by atoms with Crippen molar-refractivity contribution in [1.29, 1.82) is 0 Å². The predicted molar refractivity (Wildman–Crippen MR) is 107 cm³/mol. The minimum absolute atomic E-state index is 0.164. The van der Waals surface area contributed by atoms with Crippen LogP contribution in [0.3, 0.4) is 0 Å². The third-order valence-corrected chi connectivity index (χ3v) is 5.01. The van der Waals surface area contributed by atoms with Gasteiger partial charge in [-0.1, -0.05) is 50.1 Å². The Bertz CT molecular complexity index is 715. The number of nitrogens with two attached hydrogens (primary N) is 1. The average molecular weight is 370 g/mol. The van der Waals surface area contributed by atoms with Crippen molar-refractivity contribution >= 4 is 11.9 Å². The van der Waals surface area contributed by atoms with E-state index in [9.17, 15) is 9.59 Å². The smallest absolute Gasteiger partial charge is 0.320 e. The van der Waals surface area contributed by atoms with Gasteiger partial charge in [0.25, 0.3) is 5.91 Å². The second-order valence-corrected chi connectivity index (χ2v) is 6.91. The largest absolute Gasteiger partial charge is 0.364 e. The number of H-pyrrole nitrogens is 1. The number of aromatic amines is 1. The highest BCUT2D eigenvalue weighted by atomic mass is 16.2. The van der Waals surface area contributed by atoms with Gasteiger partial charge < -0.3 is 20.5 Å². The molecule has 1 aliphatic heterocycles. The molecule has 2 heterocycles. The minimum atomic E-state index is -0.421. The molecule has 2 aromatic rings. The first-order valence-corrected chi connectivity index (χ1v) is 9.46. The molecule has 1 saturated heterocycles. The van der Waals surface area contributed by atoms with Crippen LogP contribution in [0.1, 0.15) is 49.2 Å². The number of hydrogen-bond acceptors (Lipinski definition) is 2. The molecule has 1 aromatic carbocycles. The molecule has 3 rings (SSSR count). The number of urea groups is 1. The summed E-state index contributed by atoms with van der Waals surface area (Å²) in [5, 5.41) is 0. The van der Waals surface area contributed by atoms with Gasteiger partial charge in [0, 0.05) is 19.8 Å². The normalized spacial score (nSPS) is 19.0. The summed E-state index contributed by atoms with van der Waals surface area (Å²) in [6.45, 7) is 5.08. The molecule has 0 saturated carbocycles. The predicted octanol–water partition coefficient (Wildman–Crippen LogP) is 3.61. The summed E-state index contributed by atoms with van der Waals surface area (Å²) in [6.07, 6.45) is 5.13. The molecule has 3 N–H and O–H groups in total. The van der Waals surface area contributed by atoms with Gasteiger partial charge >= 0.3 is 6.03 Å². The molecule has 1 aliphatic rings. The number of nitrogens with one attached hydrogen (secondary N) is 1. The Morgan fingerprint density at radius 1 is 1.19 bits per heavy atom. The molecule has 146 valence electrons. The fourth-order valence-electron chi connectivity index (χ4n) is 3.37. The Labute approximate surface area is 161 Å². The molecule has 1 aromatic heterocycles. The molecule has 6 nitrogen and oxygen atoms in total. The van der Waals surface area contributed by atoms with Gasteiger partial charge in [-0.15, -0.1) is 0 Å². The van der Waals surface area contributed by atoms with Crippen molar-refractivity contribution in [2.24, 2.45) is 5.73 Å². The first kappa shape index (κ1) is 20.6. The molecule has 0 aliphatic carbocycles. The number of carbonyl (C=O) groups is 2. The molecule has 1 fully saturated rings. The summed E-state index contributed by atoms with van der Waals surface area (Å²) >= 11 is 0. The Morgan fingerprint density at radius 2 is 1.89 bits per heavy atom. The van der Waals surface area contributed by atoms with Crippen molar-refractivity contribution in [1.82, 2.24) is 14.8 Å². The molecule has 0 spiro atoms. The van der Waals surface area contributed by atoms with Crippen molar-refractivity contribution in [3.8, 4) is 0 Å². The topological polar surface area (TPSA) is 82.4 Å². The van der Waals surface area contributed by atoms with Crippen LogP contribution in [0.4, 0.5) is 4.79 Å². The molecule has 2 atom stereocenters. The van der Waals surface area contributed by atoms with Gasteiger partial charge in [0.2, 0.25) is 0 Å². The average Bonchev–Trinajstić information content (AvgIpc) is 3.27. The van der Waals surface area contributed by atoms with Gasteiger partial charge in [0.1, 0.15) is 5.69 Å². The van der Waals surface area contributed by atoms with Gasteiger partial charge in [-0.3, -0.25) is 4.79 Å². The van der Waals surface area contributed by atoms with E-state index in [0.717, 1.165) is 6.42 Å². The number of primary amides is 1. The van der Waals surface area contributed by atoms with Crippen LogP contribution in [-0.2, 0) is 6.54 Å². The number of benzene rings is 1. The number of carbonyl (C=O) groups excluding carboxylic acids is 2. The Morgan fingerprint density at radius 3 is 2.41 bits per heavy atom. The van der Waals surface area contributed by atoms with Gasteiger partial charge in [0.05, 0.1) is 12.1 Å². The fraction of sp³-hybridized carbons (Fsp3) is 0.429. The molecular weight excluding hydrogens is 340 g/mol. The van der Waals surface area contributed by atoms with Crippen molar-refractivity contribution in [3.05, 3.63) is 59.9 Å². The zero-order valence-corrected chi connectivity index (χ0v) is 16.4. The number of nitrogens with zero attached hydrogens (tertiary/aromatic N) is 2. The third kappa shape index (κ3) is 5.36. The molecule has 3 amide bonds. The highest BCUT2D eigenvalue weighted by molar-refractivity contribution is 5.90. The molecule has 0 bridgehead atoms. The Kier molecular flexibility index (Phi) is 7.46. The van der Waals surface area contributed by atoms with Crippen LogP contribution in [0.2, 0.25) is 0 Å². The minimum Gasteiger partial charge on any atom is -0.364 e. The van der Waals surface area contributed by atoms with E-state index in [2.05, 4.69) is 31.0 Å². The Hall–Kier alpha value is -2.76. The van der Waals surface area contributed by atoms with Crippen molar-refractivity contribution < 1.29 is 9.59 Å². The standard InChI is InChI=1S/C16H24N2O.C5H6N2O/c1-4-5-11-15-13(2)18(16(19)17(15)3)12-14-9-7-6-8-10-14;6-5(8)4-2-1-3-7-4/h6-10,13,15H,4-5,11-12H2,1-3H3;1-3,7H,(H2,6,8). The van der Waals surface area contributed by atoms with Crippen molar-refractivity contribution in [2.45, 2.75) is 51.7 Å². The van der Waals surface area contributed by atoms with Crippen LogP contribution in [0.15, 0.2) is 48.7 Å². The number of likely N-dealkylation sites (N-methyl/N-ethyl adjacent to an activating group) is 1. The first-order chi connectivity index (χ1) is 13.0. The van der Waals surface area contributed by atoms with E-state index in [1.165, 1.54) is 18.4 Å². The molecule has 0 radical (unpaired) electrons. The van der Waals surface area contributed by atoms with Crippen LogP contribution >= 0.6 is 0 Å². The maximum atomic E-state index is 12.3. The Balaban J connectivity index is 0.000000273. The highest BCUT2D eigenvalue weighted by Gasteiger charge is 2.40. The van der Waals surface area contributed by atoms with E-state index in [-0.39, 0.29) is 6.03 Å². The zero-order valence-electron chi connectivity index (χ0n) is 16.4. The van der Waals surface area contributed by atoms with Gasteiger partial charge in [-0.05, 0) is 31.0 Å². The second-order valence-electron chi connectivity index (χ2n) is 6.91. The maximum Gasteiger partial charge on any atom is 0.320 e. The SMILES string of the molecule is CCCCC1C(C)N(Cc2ccccc2)C(=O)N1C.NC(=O)c1ccc[nH]1. The van der Waals surface area contributed by atoms with E-state index in [1.807, 2.05) is 35.0 Å². The summed E-state index contributed by atoms with van der Waals surface area (Å²) < 4.78 is 0. The number of amides is 3. The second kappa shape index (κ2) is 9.80. The van der Waals surface area contributed by atoms with Crippen LogP contribution in [0.25, 0.3) is 0 Å². The molecule has 6 heteroatoms. The lowest BCUT2D eigenvalue weighted by molar-refractivity contribution is 0.0996. The van der Waals surface area contributed by atoms with Gasteiger partial charge in [0.15, 0.2) is 0 Å². The van der Waals surface area contributed by atoms with E-state index >= 15 is 0 Å². The van der Waals surface area contributed by atoms with E-state index in [0.29, 0.717) is 24.3 Å². The summed E-state index contributed by atoms with van der Waals surface area (Å²) in [4.78, 5) is 29.2. The van der Waals surface area contributed by atoms with Crippen molar-refractivity contribution in [2.75, 3.05) is 7.05 Å². The fourth-order valence-corrected chi connectivity index (χ4v) is 3.37. The monoisotopic (exact) mass is 370 g/mol. The van der Waals surface area contributed by atoms with Crippen LogP contribution in [0.5, 0.6) is 0 Å². The van der Waals surface area contributed by atoms with Gasteiger partial charge in [-0.2, -0.15) is 0 Å². The first-order valence-electron chi connectivity index (χ1n) is 9.46. The van der Waals surface area contributed by atoms with E-state index in [4.69, 9.17) is 5.73 Å². The van der Waals surface area contributed by atoms with Crippen LogP contribution in [0, 0.1) is 0 Å². The van der Waals surface area contributed by atoms with Crippen molar-refractivity contribution in [3.63, 3.8) is 0 Å². The number of unbranched alkanes of at least 4 members (excludes halogenated alkanes) is 1. The lowest BCUT2D eigenvalue weighted by Crippen LogP contribution is -2.33. The van der Waals surface area contributed by atoms with E-state index < -0.39 is 5.91 Å². The maximum absolute atomic E-state index is 12.3. The number of aromatic nitrogens is 1. The lowest BCUT2D eigenvalue weighted by Gasteiger charge is -2.23. The highest BCUT2D eigenvalue weighted by Crippen LogP contribution is 2.26. The summed E-state index contributed by atoms with van der Waals surface area (Å²) in [7, 11) is 1.93.